The van der Waals surface area contributed by atoms with E-state index in [0.717, 1.165) is 4.90 Å². The van der Waals surface area contributed by atoms with Gasteiger partial charge in [-0.1, -0.05) is 29.3 Å². The van der Waals surface area contributed by atoms with Crippen LogP contribution in [0.5, 0.6) is 11.5 Å². The molecular formula is C19H13BrCl2N2O5. The average molecular weight is 500 g/mol. The van der Waals surface area contributed by atoms with Gasteiger partial charge in [0, 0.05) is 0 Å². The number of nitrogens with one attached hydrogen (secondary N) is 1. The van der Waals surface area contributed by atoms with Crippen LogP contribution in [0.4, 0.5) is 10.5 Å². The maximum absolute atomic E-state index is 13.0. The summed E-state index contributed by atoms with van der Waals surface area (Å²) < 4.78 is 11.1. The number of benzene rings is 2. The van der Waals surface area contributed by atoms with Crippen LogP contribution >= 0.6 is 39.1 Å². The third-order valence-corrected chi connectivity index (χ3v) is 5.44. The Morgan fingerprint density at radius 2 is 1.83 bits per heavy atom. The van der Waals surface area contributed by atoms with Crippen LogP contribution in [0.15, 0.2) is 40.4 Å². The zero-order chi connectivity index (χ0) is 21.3. The number of halogens is 3. The molecule has 7 nitrogen and oxygen atoms in total. The van der Waals surface area contributed by atoms with Crippen molar-refractivity contribution in [3.63, 3.8) is 0 Å². The van der Waals surface area contributed by atoms with E-state index in [1.807, 2.05) is 0 Å². The van der Waals surface area contributed by atoms with Crippen LogP contribution in [0.2, 0.25) is 10.0 Å². The Bertz CT molecular complexity index is 1070. The molecule has 1 fully saturated rings. The summed E-state index contributed by atoms with van der Waals surface area (Å²) in [5.74, 6) is -0.825. The Labute approximate surface area is 184 Å². The van der Waals surface area contributed by atoms with Gasteiger partial charge < -0.3 is 9.47 Å². The second-order valence-electron chi connectivity index (χ2n) is 5.77. The Morgan fingerprint density at radius 3 is 2.48 bits per heavy atom. The highest BCUT2D eigenvalue weighted by Gasteiger charge is 2.38. The van der Waals surface area contributed by atoms with E-state index in [0.29, 0.717) is 21.5 Å². The molecule has 1 heterocycles. The highest BCUT2D eigenvalue weighted by molar-refractivity contribution is 9.10. The minimum atomic E-state index is -0.921. The Balaban J connectivity index is 2.09. The summed E-state index contributed by atoms with van der Waals surface area (Å²) in [5.41, 5.74) is 0.271. The number of hydrogen-bond donors (Lipinski definition) is 1. The molecule has 1 aliphatic rings. The third kappa shape index (κ3) is 3.96. The summed E-state index contributed by atoms with van der Waals surface area (Å²) in [4.78, 5) is 38.4. The standard InChI is InChI=1S/C19H13BrCl2N2O5/c1-28-14-8-9(7-11(20)16(14)29-2)6-10-17(25)23-19(27)24(18(10)26)13-5-3-4-12(21)15(13)22/h3-8H,1-2H3,(H,23,25,27)/b10-6-. The van der Waals surface area contributed by atoms with E-state index in [4.69, 9.17) is 32.7 Å². The van der Waals surface area contributed by atoms with Crippen molar-refractivity contribution in [1.29, 1.82) is 0 Å². The highest BCUT2D eigenvalue weighted by Crippen LogP contribution is 2.38. The first-order chi connectivity index (χ1) is 13.8. The zero-order valence-electron chi connectivity index (χ0n) is 15.1. The molecule has 0 aliphatic carbocycles. The van der Waals surface area contributed by atoms with E-state index in [1.54, 1.807) is 12.1 Å². The zero-order valence-corrected chi connectivity index (χ0v) is 18.2. The van der Waals surface area contributed by atoms with Crippen molar-refractivity contribution < 1.29 is 23.9 Å². The van der Waals surface area contributed by atoms with Crippen LogP contribution in [0.1, 0.15) is 5.56 Å². The molecule has 2 aromatic carbocycles. The number of anilines is 1. The average Bonchev–Trinajstić information content (AvgIpc) is 2.67. The fraction of sp³-hybridized carbons (Fsp3) is 0.105. The maximum Gasteiger partial charge on any atom is 0.336 e. The van der Waals surface area contributed by atoms with Crippen molar-refractivity contribution in [2.24, 2.45) is 0 Å². The van der Waals surface area contributed by atoms with Gasteiger partial charge in [-0.25, -0.2) is 9.69 Å². The molecule has 1 aliphatic heterocycles. The lowest BCUT2D eigenvalue weighted by atomic mass is 10.1. The number of carbonyl (C=O) groups is 3. The first-order valence-electron chi connectivity index (χ1n) is 8.05. The Hall–Kier alpha value is -2.55. The molecule has 0 saturated carbocycles. The van der Waals surface area contributed by atoms with E-state index in [1.165, 1.54) is 38.5 Å². The maximum atomic E-state index is 13.0. The van der Waals surface area contributed by atoms with Crippen LogP contribution in [-0.4, -0.2) is 32.1 Å². The van der Waals surface area contributed by atoms with Crippen LogP contribution in [-0.2, 0) is 9.59 Å². The van der Waals surface area contributed by atoms with Crippen LogP contribution in [0.25, 0.3) is 6.08 Å². The van der Waals surface area contributed by atoms with Crippen LogP contribution < -0.4 is 19.7 Å². The molecule has 29 heavy (non-hydrogen) atoms. The number of hydrogen-bond acceptors (Lipinski definition) is 5. The Kier molecular flexibility index (Phi) is 6.16. The SMILES string of the molecule is COc1cc(/C=C2/C(=O)NC(=O)N(c3cccc(Cl)c3Cl)C2=O)cc(Br)c1OC. The summed E-state index contributed by atoms with van der Waals surface area (Å²) in [6, 6.07) is 6.81. The van der Waals surface area contributed by atoms with Gasteiger partial charge in [0.25, 0.3) is 11.8 Å². The number of carbonyl (C=O) groups excluding carboxylic acids is 3. The smallest absolute Gasteiger partial charge is 0.336 e. The van der Waals surface area contributed by atoms with E-state index in [-0.39, 0.29) is 21.3 Å². The number of methoxy groups -OCH3 is 2. The molecule has 2 aromatic rings. The van der Waals surface area contributed by atoms with Gasteiger partial charge in [0.2, 0.25) is 0 Å². The van der Waals surface area contributed by atoms with Crippen LogP contribution in [0, 0.1) is 0 Å². The van der Waals surface area contributed by atoms with Crippen molar-refractivity contribution >= 4 is 68.7 Å². The van der Waals surface area contributed by atoms with Gasteiger partial charge in [0.1, 0.15) is 5.57 Å². The Morgan fingerprint density at radius 1 is 1.10 bits per heavy atom. The lowest BCUT2D eigenvalue weighted by Crippen LogP contribution is -2.54. The van der Waals surface area contributed by atoms with Crippen molar-refractivity contribution in [2.75, 3.05) is 19.1 Å². The molecule has 4 amide bonds. The summed E-state index contributed by atoms with van der Waals surface area (Å²) in [6.45, 7) is 0. The number of ether oxygens (including phenoxy) is 2. The summed E-state index contributed by atoms with van der Waals surface area (Å²) >= 11 is 15.5. The summed E-state index contributed by atoms with van der Waals surface area (Å²) in [6.07, 6.45) is 1.34. The van der Waals surface area contributed by atoms with Crippen molar-refractivity contribution in [1.82, 2.24) is 5.32 Å². The fourth-order valence-electron chi connectivity index (χ4n) is 2.73. The molecule has 1 saturated heterocycles. The quantitative estimate of drug-likeness (QED) is 0.496. The van der Waals surface area contributed by atoms with E-state index >= 15 is 0 Å². The first-order valence-corrected chi connectivity index (χ1v) is 9.60. The van der Waals surface area contributed by atoms with E-state index in [9.17, 15) is 14.4 Å². The van der Waals surface area contributed by atoms with Crippen molar-refractivity contribution in [3.05, 3.63) is 56.0 Å². The number of urea groups is 1. The molecule has 0 atom stereocenters. The second-order valence-corrected chi connectivity index (χ2v) is 7.41. The summed E-state index contributed by atoms with van der Waals surface area (Å²) in [7, 11) is 2.94. The predicted octanol–water partition coefficient (Wildman–Crippen LogP) is 4.44. The number of amides is 4. The molecule has 150 valence electrons. The van der Waals surface area contributed by atoms with Gasteiger partial charge in [0.05, 0.1) is 34.4 Å². The first kappa shape index (κ1) is 21.2. The molecular weight excluding hydrogens is 487 g/mol. The minimum Gasteiger partial charge on any atom is -0.493 e. The number of barbiturate groups is 1. The van der Waals surface area contributed by atoms with E-state index in [2.05, 4.69) is 21.2 Å². The van der Waals surface area contributed by atoms with Gasteiger partial charge in [0.15, 0.2) is 11.5 Å². The molecule has 0 aromatic heterocycles. The number of imide groups is 2. The van der Waals surface area contributed by atoms with Crippen LogP contribution in [0.3, 0.4) is 0 Å². The lowest BCUT2D eigenvalue weighted by Gasteiger charge is -2.27. The minimum absolute atomic E-state index is 0.0141. The normalized spacial score (nSPS) is 15.6. The third-order valence-electron chi connectivity index (χ3n) is 4.04. The predicted molar refractivity (Wildman–Crippen MR) is 113 cm³/mol. The second kappa shape index (κ2) is 8.44. The molecule has 0 radical (unpaired) electrons. The molecule has 10 heteroatoms. The highest BCUT2D eigenvalue weighted by atomic mass is 79.9. The van der Waals surface area contributed by atoms with Gasteiger partial charge in [-0.15, -0.1) is 0 Å². The number of nitrogens with zero attached hydrogens (tertiary/aromatic N) is 1. The van der Waals surface area contributed by atoms with Gasteiger partial charge in [-0.05, 0) is 51.8 Å². The number of rotatable bonds is 4. The molecule has 0 unspecified atom stereocenters. The fourth-order valence-corrected chi connectivity index (χ4v) is 3.73. The molecule has 3 rings (SSSR count). The van der Waals surface area contributed by atoms with Gasteiger partial charge in [-0.3, -0.25) is 14.9 Å². The largest absolute Gasteiger partial charge is 0.493 e. The lowest BCUT2D eigenvalue weighted by molar-refractivity contribution is -0.122. The van der Waals surface area contributed by atoms with Gasteiger partial charge >= 0.3 is 6.03 Å². The molecule has 0 spiro atoms. The van der Waals surface area contributed by atoms with E-state index < -0.39 is 17.8 Å². The van der Waals surface area contributed by atoms with Crippen molar-refractivity contribution in [3.8, 4) is 11.5 Å². The van der Waals surface area contributed by atoms with Crippen molar-refractivity contribution in [2.45, 2.75) is 0 Å². The van der Waals surface area contributed by atoms with Gasteiger partial charge in [-0.2, -0.15) is 0 Å². The topological polar surface area (TPSA) is 84.9 Å². The summed E-state index contributed by atoms with van der Waals surface area (Å²) in [5, 5.41) is 2.31. The monoisotopic (exact) mass is 498 g/mol. The molecule has 0 bridgehead atoms. The molecule has 1 N–H and O–H groups in total.